The second-order valence-electron chi connectivity index (χ2n) is 6.97. The van der Waals surface area contributed by atoms with Crippen LogP contribution in [-0.2, 0) is 10.0 Å². The van der Waals surface area contributed by atoms with E-state index in [1.54, 1.807) is 11.8 Å². The van der Waals surface area contributed by atoms with Gasteiger partial charge in [-0.2, -0.15) is 17.5 Å². The van der Waals surface area contributed by atoms with E-state index in [-0.39, 0.29) is 37.9 Å². The highest BCUT2D eigenvalue weighted by molar-refractivity contribution is 7.89. The third kappa shape index (κ3) is 3.26. The lowest BCUT2D eigenvalue weighted by Crippen LogP contribution is -2.85. The molecule has 0 radical (unpaired) electrons. The van der Waals surface area contributed by atoms with Crippen molar-refractivity contribution in [2.75, 3.05) is 32.0 Å². The van der Waals surface area contributed by atoms with Gasteiger partial charge in [-0.05, 0) is 12.5 Å². The Morgan fingerprint density at radius 3 is 2.35 bits per heavy atom. The van der Waals surface area contributed by atoms with Crippen LogP contribution in [0.1, 0.15) is 24.8 Å². The number of halogens is 3. The summed E-state index contributed by atoms with van der Waals surface area (Å²) in [7, 11) is -3.38. The summed E-state index contributed by atoms with van der Waals surface area (Å²) in [6.45, 7) is 1.37. The number of sulfonamides is 1. The topological polar surface area (TPSA) is 60.9 Å². The molecule has 0 amide bonds. The van der Waals surface area contributed by atoms with Crippen LogP contribution < -0.4 is 0 Å². The first-order valence-electron chi connectivity index (χ1n) is 8.62. The summed E-state index contributed by atoms with van der Waals surface area (Å²) >= 11 is 0. The van der Waals surface area contributed by atoms with Crippen molar-refractivity contribution in [3.05, 3.63) is 35.9 Å². The number of likely N-dealkylation sites (tertiary alicyclic amines) is 1. The first-order chi connectivity index (χ1) is 12.1. The smallest absolute Gasteiger partial charge is 0.390 e. The molecule has 5 nitrogen and oxygen atoms in total. The van der Waals surface area contributed by atoms with Crippen molar-refractivity contribution in [2.45, 2.75) is 37.0 Å². The van der Waals surface area contributed by atoms with Crippen LogP contribution in [0.25, 0.3) is 0 Å². The molecule has 2 aliphatic rings. The minimum atomic E-state index is -4.29. The van der Waals surface area contributed by atoms with Gasteiger partial charge in [-0.15, -0.1) is 0 Å². The molecule has 0 aromatic heterocycles. The van der Waals surface area contributed by atoms with Gasteiger partial charge < -0.3 is 5.11 Å². The van der Waals surface area contributed by atoms with Gasteiger partial charge >= 0.3 is 6.18 Å². The van der Waals surface area contributed by atoms with Gasteiger partial charge in [-0.1, -0.05) is 30.3 Å². The molecule has 0 bridgehead atoms. The molecule has 146 valence electrons. The van der Waals surface area contributed by atoms with Crippen LogP contribution in [0.2, 0.25) is 0 Å². The molecule has 1 aromatic carbocycles. The average Bonchev–Trinajstić information content (AvgIpc) is 2.52. The lowest BCUT2D eigenvalue weighted by atomic mass is 9.61. The maximum Gasteiger partial charge on any atom is 0.390 e. The van der Waals surface area contributed by atoms with E-state index in [1.165, 1.54) is 4.31 Å². The van der Waals surface area contributed by atoms with Gasteiger partial charge in [0.25, 0.3) is 0 Å². The molecule has 2 aliphatic heterocycles. The quantitative estimate of drug-likeness (QED) is 0.802. The van der Waals surface area contributed by atoms with Crippen molar-refractivity contribution in [3.8, 4) is 0 Å². The van der Waals surface area contributed by atoms with Crippen molar-refractivity contribution in [3.63, 3.8) is 0 Å². The molecule has 0 aliphatic carbocycles. The Morgan fingerprint density at radius 2 is 1.85 bits per heavy atom. The third-order valence-corrected chi connectivity index (χ3v) is 7.35. The van der Waals surface area contributed by atoms with Crippen LogP contribution >= 0.6 is 0 Å². The molecular weight excluding hydrogens is 369 g/mol. The van der Waals surface area contributed by atoms with Crippen molar-refractivity contribution >= 4 is 10.0 Å². The Kier molecular flexibility index (Phi) is 5.11. The molecule has 0 unspecified atom stereocenters. The van der Waals surface area contributed by atoms with E-state index < -0.39 is 34.2 Å². The molecule has 3 rings (SSSR count). The Morgan fingerprint density at radius 1 is 1.23 bits per heavy atom. The fourth-order valence-corrected chi connectivity index (χ4v) is 5.52. The maximum atomic E-state index is 12.7. The summed E-state index contributed by atoms with van der Waals surface area (Å²) in [4.78, 5) is 1.65. The lowest BCUT2D eigenvalue weighted by molar-refractivity contribution is -0.194. The van der Waals surface area contributed by atoms with Gasteiger partial charge in [0.1, 0.15) is 0 Å². The first-order valence-corrected chi connectivity index (χ1v) is 10.2. The molecule has 26 heavy (non-hydrogen) atoms. The molecule has 1 spiro atoms. The predicted octanol–water partition coefficient (Wildman–Crippen LogP) is 1.80. The number of nitrogens with zero attached hydrogens (tertiary/aromatic N) is 2. The van der Waals surface area contributed by atoms with Gasteiger partial charge in [0.2, 0.25) is 10.0 Å². The molecule has 0 saturated carbocycles. The van der Waals surface area contributed by atoms with Crippen LogP contribution in [-0.4, -0.2) is 72.5 Å². The van der Waals surface area contributed by atoms with E-state index in [0.29, 0.717) is 0 Å². The standard InChI is InChI=1S/C17H23F3N2O3S/c1-2-26(24,25)21-11-16(12-21)15(13-6-4-3-5-7-13)14(10-23)22(16)9-8-17(18,19)20/h3-7,14-15,23H,2,8-12H2,1H3/t14-,15+/m1/s1. The second-order valence-corrected chi connectivity index (χ2v) is 9.23. The molecule has 2 saturated heterocycles. The highest BCUT2D eigenvalue weighted by Crippen LogP contribution is 2.54. The highest BCUT2D eigenvalue weighted by atomic mass is 32.2. The van der Waals surface area contributed by atoms with Crippen molar-refractivity contribution < 1.29 is 26.7 Å². The number of hydrogen-bond donors (Lipinski definition) is 1. The summed E-state index contributed by atoms with van der Waals surface area (Å²) in [5.41, 5.74) is 0.241. The van der Waals surface area contributed by atoms with E-state index in [9.17, 15) is 26.7 Å². The fraction of sp³-hybridized carbons (Fsp3) is 0.647. The number of aliphatic hydroxyl groups is 1. The molecule has 2 fully saturated rings. The Balaban J connectivity index is 1.87. The van der Waals surface area contributed by atoms with E-state index in [2.05, 4.69) is 0 Å². The van der Waals surface area contributed by atoms with Gasteiger partial charge in [0, 0.05) is 31.6 Å². The Bertz CT molecular complexity index is 733. The number of hydrogen-bond acceptors (Lipinski definition) is 4. The molecule has 9 heteroatoms. The predicted molar refractivity (Wildman–Crippen MR) is 91.2 cm³/mol. The SMILES string of the molecule is CCS(=O)(=O)N1CC2(C1)[C@@H](c1ccccc1)[C@@H](CO)N2CCC(F)(F)F. The lowest BCUT2D eigenvalue weighted by Gasteiger charge is -2.70. The summed E-state index contributed by atoms with van der Waals surface area (Å²) in [5, 5.41) is 9.79. The monoisotopic (exact) mass is 392 g/mol. The van der Waals surface area contributed by atoms with Crippen molar-refractivity contribution in [1.82, 2.24) is 9.21 Å². The zero-order valence-electron chi connectivity index (χ0n) is 14.5. The van der Waals surface area contributed by atoms with Gasteiger partial charge in [0.15, 0.2) is 0 Å². The first kappa shape index (κ1) is 19.6. The molecule has 2 heterocycles. The largest absolute Gasteiger partial charge is 0.395 e. The molecule has 1 N–H and O–H groups in total. The zero-order chi connectivity index (χ0) is 19.2. The number of alkyl halides is 3. The minimum absolute atomic E-state index is 0.0366. The Labute approximate surface area is 151 Å². The minimum Gasteiger partial charge on any atom is -0.395 e. The molecule has 1 aromatic rings. The number of rotatable bonds is 6. The highest BCUT2D eigenvalue weighted by Gasteiger charge is 2.67. The molecule has 2 atom stereocenters. The second kappa shape index (κ2) is 6.78. The van der Waals surface area contributed by atoms with Crippen LogP contribution in [0.4, 0.5) is 13.2 Å². The average molecular weight is 392 g/mol. The third-order valence-electron chi connectivity index (χ3n) is 5.58. The van der Waals surface area contributed by atoms with Crippen LogP contribution in [0.3, 0.4) is 0 Å². The zero-order valence-corrected chi connectivity index (χ0v) is 15.3. The maximum absolute atomic E-state index is 12.7. The van der Waals surface area contributed by atoms with Crippen LogP contribution in [0.5, 0.6) is 0 Å². The van der Waals surface area contributed by atoms with E-state index in [0.717, 1.165) is 5.56 Å². The fourth-order valence-electron chi connectivity index (χ4n) is 4.32. The molecular formula is C17H23F3N2O3S. The summed E-state index contributed by atoms with van der Waals surface area (Å²) in [6, 6.07) is 8.86. The van der Waals surface area contributed by atoms with Gasteiger partial charge in [-0.25, -0.2) is 8.42 Å². The van der Waals surface area contributed by atoms with Gasteiger partial charge in [0.05, 0.1) is 24.3 Å². The number of aliphatic hydroxyl groups excluding tert-OH is 1. The van der Waals surface area contributed by atoms with Crippen LogP contribution in [0, 0.1) is 0 Å². The van der Waals surface area contributed by atoms with E-state index in [4.69, 9.17) is 0 Å². The van der Waals surface area contributed by atoms with E-state index >= 15 is 0 Å². The number of benzene rings is 1. The van der Waals surface area contributed by atoms with Gasteiger partial charge in [-0.3, -0.25) is 4.90 Å². The summed E-state index contributed by atoms with van der Waals surface area (Å²) in [5.74, 6) is -0.226. The van der Waals surface area contributed by atoms with Crippen LogP contribution in [0.15, 0.2) is 30.3 Å². The van der Waals surface area contributed by atoms with E-state index in [1.807, 2.05) is 30.3 Å². The van der Waals surface area contributed by atoms with Crippen molar-refractivity contribution in [1.29, 1.82) is 0 Å². The summed E-state index contributed by atoms with van der Waals surface area (Å²) < 4.78 is 63.7. The van der Waals surface area contributed by atoms with Crippen molar-refractivity contribution in [2.24, 2.45) is 0 Å². The Hall–Kier alpha value is -1.16. The summed E-state index contributed by atoms with van der Waals surface area (Å²) in [6.07, 6.45) is -5.27. The normalized spacial score (nSPS) is 26.5.